The fraction of sp³-hybridized carbons (Fsp3) is 0.867. The van der Waals surface area contributed by atoms with Crippen LogP contribution in [0.3, 0.4) is 0 Å². The molecule has 0 aromatic carbocycles. The second kappa shape index (κ2) is 5.30. The second-order valence-electron chi connectivity index (χ2n) is 5.96. The van der Waals surface area contributed by atoms with Crippen LogP contribution in [0.5, 0.6) is 0 Å². The van der Waals surface area contributed by atoms with Gasteiger partial charge in [0, 0.05) is 12.1 Å². The summed E-state index contributed by atoms with van der Waals surface area (Å²) in [5.41, 5.74) is -0.704. The molecule has 1 saturated carbocycles. The zero-order chi connectivity index (χ0) is 13.2. The van der Waals surface area contributed by atoms with E-state index in [1.165, 1.54) is 6.42 Å². The lowest BCUT2D eigenvalue weighted by Gasteiger charge is -2.37. The molecule has 0 aromatic heterocycles. The Balaban J connectivity index is 2.20. The summed E-state index contributed by atoms with van der Waals surface area (Å²) in [6.45, 7) is 4.27. The zero-order valence-corrected chi connectivity index (χ0v) is 11.6. The summed E-state index contributed by atoms with van der Waals surface area (Å²) >= 11 is 0. The Labute approximate surface area is 110 Å². The van der Waals surface area contributed by atoms with Crippen molar-refractivity contribution in [3.8, 4) is 6.07 Å². The maximum absolute atomic E-state index is 12.8. The Morgan fingerprint density at radius 2 is 2.00 bits per heavy atom. The van der Waals surface area contributed by atoms with Crippen molar-refractivity contribution in [3.05, 3.63) is 0 Å². The summed E-state index contributed by atoms with van der Waals surface area (Å²) in [4.78, 5) is 14.9. The molecular weight excluding hydrogens is 224 g/mol. The van der Waals surface area contributed by atoms with Gasteiger partial charge in [-0.05, 0) is 39.0 Å². The molecule has 3 heteroatoms. The summed E-state index contributed by atoms with van der Waals surface area (Å²) in [6.07, 6.45) is 7.96. The van der Waals surface area contributed by atoms with E-state index in [0.717, 1.165) is 44.9 Å². The number of nitriles is 1. The highest BCUT2D eigenvalue weighted by atomic mass is 16.2. The highest BCUT2D eigenvalue weighted by Crippen LogP contribution is 2.40. The molecule has 2 unspecified atom stereocenters. The normalized spacial score (nSPS) is 31.1. The van der Waals surface area contributed by atoms with Gasteiger partial charge in [0.05, 0.1) is 6.07 Å². The van der Waals surface area contributed by atoms with Crippen LogP contribution in [0, 0.1) is 16.7 Å². The summed E-state index contributed by atoms with van der Waals surface area (Å²) < 4.78 is 0. The van der Waals surface area contributed by atoms with Crippen LogP contribution >= 0.6 is 0 Å². The van der Waals surface area contributed by atoms with Crippen molar-refractivity contribution >= 4 is 5.91 Å². The molecule has 1 aliphatic carbocycles. The highest BCUT2D eigenvalue weighted by Gasteiger charge is 2.46. The molecule has 0 spiro atoms. The molecule has 2 aliphatic rings. The number of likely N-dealkylation sites (tertiary alicyclic amines) is 1. The molecule has 0 bridgehead atoms. The zero-order valence-electron chi connectivity index (χ0n) is 11.6. The van der Waals surface area contributed by atoms with Crippen LogP contribution in [0.4, 0.5) is 0 Å². The van der Waals surface area contributed by atoms with Crippen LogP contribution in [0.2, 0.25) is 0 Å². The number of carbonyl (C=O) groups excluding carboxylic acids is 1. The van der Waals surface area contributed by atoms with E-state index in [0.29, 0.717) is 12.1 Å². The molecule has 18 heavy (non-hydrogen) atoms. The van der Waals surface area contributed by atoms with E-state index >= 15 is 0 Å². The molecule has 1 amide bonds. The number of carbonyl (C=O) groups is 1. The SMILES string of the molecule is CCC1CCC(C)N1C(=O)C1(C#N)CCCCC1. The molecule has 0 radical (unpaired) electrons. The smallest absolute Gasteiger partial charge is 0.243 e. The van der Waals surface area contributed by atoms with Crippen LogP contribution in [0.1, 0.15) is 65.2 Å². The van der Waals surface area contributed by atoms with Gasteiger partial charge < -0.3 is 4.90 Å². The van der Waals surface area contributed by atoms with Crippen LogP contribution in [-0.4, -0.2) is 22.9 Å². The average Bonchev–Trinajstić information content (AvgIpc) is 2.79. The molecule has 100 valence electrons. The maximum atomic E-state index is 12.8. The van der Waals surface area contributed by atoms with Gasteiger partial charge in [0.2, 0.25) is 5.91 Å². The molecule has 1 saturated heterocycles. The molecule has 3 nitrogen and oxygen atoms in total. The van der Waals surface area contributed by atoms with E-state index in [9.17, 15) is 10.1 Å². The Morgan fingerprint density at radius 1 is 1.33 bits per heavy atom. The third kappa shape index (κ3) is 2.13. The van der Waals surface area contributed by atoms with Gasteiger partial charge in [0.15, 0.2) is 0 Å². The highest BCUT2D eigenvalue weighted by molar-refractivity contribution is 5.86. The number of hydrogen-bond acceptors (Lipinski definition) is 2. The topological polar surface area (TPSA) is 44.1 Å². The average molecular weight is 248 g/mol. The third-order valence-electron chi connectivity index (χ3n) is 4.82. The van der Waals surface area contributed by atoms with Gasteiger partial charge in [0.25, 0.3) is 0 Å². The molecule has 1 heterocycles. The standard InChI is InChI=1S/C15H24N2O/c1-3-13-8-7-12(2)17(13)14(18)15(11-16)9-5-4-6-10-15/h12-13H,3-10H2,1-2H3. The first kappa shape index (κ1) is 13.4. The van der Waals surface area contributed by atoms with Gasteiger partial charge in [-0.25, -0.2) is 0 Å². The van der Waals surface area contributed by atoms with Crippen molar-refractivity contribution in [2.24, 2.45) is 5.41 Å². The lowest BCUT2D eigenvalue weighted by molar-refractivity contribution is -0.143. The van der Waals surface area contributed by atoms with Crippen LogP contribution in [0.25, 0.3) is 0 Å². The van der Waals surface area contributed by atoms with Gasteiger partial charge >= 0.3 is 0 Å². The first-order chi connectivity index (χ1) is 8.64. The molecule has 0 N–H and O–H groups in total. The summed E-state index contributed by atoms with van der Waals surface area (Å²) in [5, 5.41) is 9.52. The predicted octanol–water partition coefficient (Wildman–Crippen LogP) is 3.25. The molecule has 2 rings (SSSR count). The van der Waals surface area contributed by atoms with Gasteiger partial charge in [0.1, 0.15) is 5.41 Å². The van der Waals surface area contributed by atoms with Crippen molar-refractivity contribution in [3.63, 3.8) is 0 Å². The number of hydrogen-bond donors (Lipinski definition) is 0. The minimum Gasteiger partial charge on any atom is -0.336 e. The Kier molecular flexibility index (Phi) is 3.94. The Bertz CT molecular complexity index is 352. The molecule has 1 aliphatic heterocycles. The summed E-state index contributed by atoms with van der Waals surface area (Å²) in [7, 11) is 0. The van der Waals surface area contributed by atoms with Gasteiger partial charge in [-0.1, -0.05) is 26.2 Å². The largest absolute Gasteiger partial charge is 0.336 e. The predicted molar refractivity (Wildman–Crippen MR) is 70.8 cm³/mol. The number of nitrogens with zero attached hydrogens (tertiary/aromatic N) is 2. The van der Waals surface area contributed by atoms with Gasteiger partial charge in [-0.3, -0.25) is 4.79 Å². The number of amides is 1. The minimum absolute atomic E-state index is 0.126. The van der Waals surface area contributed by atoms with Crippen molar-refractivity contribution in [2.45, 2.75) is 77.3 Å². The molecule has 0 aromatic rings. The van der Waals surface area contributed by atoms with E-state index in [1.807, 2.05) is 4.90 Å². The summed E-state index contributed by atoms with van der Waals surface area (Å²) in [5.74, 6) is 0.126. The fourth-order valence-corrected chi connectivity index (χ4v) is 3.61. The number of rotatable bonds is 2. The molecular formula is C15H24N2O. The monoisotopic (exact) mass is 248 g/mol. The van der Waals surface area contributed by atoms with Gasteiger partial charge in [-0.2, -0.15) is 5.26 Å². The summed E-state index contributed by atoms with van der Waals surface area (Å²) in [6, 6.07) is 3.04. The van der Waals surface area contributed by atoms with Crippen molar-refractivity contribution in [1.82, 2.24) is 4.90 Å². The third-order valence-corrected chi connectivity index (χ3v) is 4.82. The van der Waals surface area contributed by atoms with E-state index in [2.05, 4.69) is 19.9 Å². The quantitative estimate of drug-likeness (QED) is 0.753. The molecule has 2 fully saturated rings. The van der Waals surface area contributed by atoms with Crippen molar-refractivity contribution in [1.29, 1.82) is 5.26 Å². The Hall–Kier alpha value is -1.04. The first-order valence-electron chi connectivity index (χ1n) is 7.38. The lowest BCUT2D eigenvalue weighted by Crippen LogP contribution is -2.49. The van der Waals surface area contributed by atoms with Crippen LogP contribution in [0.15, 0.2) is 0 Å². The first-order valence-corrected chi connectivity index (χ1v) is 7.38. The van der Waals surface area contributed by atoms with E-state index in [-0.39, 0.29) is 5.91 Å². The van der Waals surface area contributed by atoms with E-state index < -0.39 is 5.41 Å². The van der Waals surface area contributed by atoms with Crippen molar-refractivity contribution in [2.75, 3.05) is 0 Å². The van der Waals surface area contributed by atoms with E-state index in [4.69, 9.17) is 0 Å². The van der Waals surface area contributed by atoms with Crippen LogP contribution < -0.4 is 0 Å². The lowest BCUT2D eigenvalue weighted by atomic mass is 9.74. The van der Waals surface area contributed by atoms with Gasteiger partial charge in [-0.15, -0.1) is 0 Å². The Morgan fingerprint density at radius 3 is 2.56 bits per heavy atom. The maximum Gasteiger partial charge on any atom is 0.243 e. The second-order valence-corrected chi connectivity index (χ2v) is 5.96. The fourth-order valence-electron chi connectivity index (χ4n) is 3.61. The van der Waals surface area contributed by atoms with Crippen molar-refractivity contribution < 1.29 is 4.79 Å². The van der Waals surface area contributed by atoms with Crippen LogP contribution in [-0.2, 0) is 4.79 Å². The van der Waals surface area contributed by atoms with E-state index in [1.54, 1.807) is 0 Å². The minimum atomic E-state index is -0.704. The molecule has 2 atom stereocenters.